The largest absolute Gasteiger partial charge is 0.444 e. The van der Waals surface area contributed by atoms with Gasteiger partial charge in [0.2, 0.25) is 0 Å². The molecule has 0 aromatic rings. The zero-order valence-electron chi connectivity index (χ0n) is 13.0. The molecule has 5 nitrogen and oxygen atoms in total. The van der Waals surface area contributed by atoms with Crippen molar-refractivity contribution in [2.24, 2.45) is 11.3 Å². The first-order valence-electron chi connectivity index (χ1n) is 7.37. The van der Waals surface area contributed by atoms with Crippen LogP contribution in [-0.2, 0) is 4.74 Å². The second kappa shape index (κ2) is 5.25. The molecule has 2 fully saturated rings. The lowest BCUT2D eigenvalue weighted by molar-refractivity contribution is 0.0256. The zero-order valence-corrected chi connectivity index (χ0v) is 13.0. The van der Waals surface area contributed by atoms with Crippen LogP contribution in [0.4, 0.5) is 4.79 Å². The first kappa shape index (κ1) is 15.1. The van der Waals surface area contributed by atoms with Gasteiger partial charge in [0.1, 0.15) is 5.60 Å². The molecule has 112 valence electrons. The monoisotopic (exact) mass is 279 g/mol. The van der Waals surface area contributed by atoms with Crippen molar-refractivity contribution in [2.75, 3.05) is 32.7 Å². The predicted molar refractivity (Wildman–Crippen MR) is 76.1 cm³/mol. The summed E-state index contributed by atoms with van der Waals surface area (Å²) in [6.07, 6.45) is 0.973. The van der Waals surface area contributed by atoms with E-state index in [0.29, 0.717) is 12.5 Å². The van der Waals surface area contributed by atoms with Gasteiger partial charge in [-0.2, -0.15) is 5.26 Å². The van der Waals surface area contributed by atoms with Crippen molar-refractivity contribution in [3.05, 3.63) is 0 Å². The molecule has 20 heavy (non-hydrogen) atoms. The minimum atomic E-state index is -0.437. The van der Waals surface area contributed by atoms with Gasteiger partial charge >= 0.3 is 6.09 Å². The van der Waals surface area contributed by atoms with Crippen LogP contribution < -0.4 is 0 Å². The highest BCUT2D eigenvalue weighted by molar-refractivity contribution is 5.69. The van der Waals surface area contributed by atoms with E-state index in [2.05, 4.69) is 17.9 Å². The minimum absolute atomic E-state index is 0.201. The van der Waals surface area contributed by atoms with E-state index >= 15 is 0 Å². The lowest BCUT2D eigenvalue weighted by atomic mass is 10.1. The summed E-state index contributed by atoms with van der Waals surface area (Å²) < 4.78 is 5.44. The maximum Gasteiger partial charge on any atom is 0.410 e. The number of carbonyl (C=O) groups is 1. The van der Waals surface area contributed by atoms with Gasteiger partial charge in [-0.05, 0) is 39.7 Å². The van der Waals surface area contributed by atoms with Gasteiger partial charge in [0.25, 0.3) is 0 Å². The fourth-order valence-corrected chi connectivity index (χ4v) is 3.13. The summed E-state index contributed by atoms with van der Waals surface area (Å²) in [5.41, 5.74) is -0.225. The van der Waals surface area contributed by atoms with Crippen LogP contribution in [0.15, 0.2) is 0 Å². The molecular formula is C15H25N3O2. The molecule has 0 radical (unpaired) electrons. The standard InChI is InChI=1S/C15H25N3O2/c1-5-17(7-6-16)10-15-8-12(15)9-18(11-15)13(19)20-14(2,3)4/h12H,5,7-11H2,1-4H3/t12-,15+/m0/s1. The van der Waals surface area contributed by atoms with Gasteiger partial charge in [-0.15, -0.1) is 0 Å². The van der Waals surface area contributed by atoms with E-state index < -0.39 is 5.60 Å². The Kier molecular flexibility index (Phi) is 3.97. The molecule has 2 aliphatic rings. The maximum atomic E-state index is 12.1. The summed E-state index contributed by atoms with van der Waals surface area (Å²) in [7, 11) is 0. The topological polar surface area (TPSA) is 56.6 Å². The van der Waals surface area contributed by atoms with Gasteiger partial charge < -0.3 is 9.64 Å². The number of hydrogen-bond acceptors (Lipinski definition) is 4. The maximum absolute atomic E-state index is 12.1. The van der Waals surface area contributed by atoms with Crippen molar-refractivity contribution in [1.82, 2.24) is 9.80 Å². The van der Waals surface area contributed by atoms with Crippen LogP contribution in [0.3, 0.4) is 0 Å². The molecule has 1 amide bonds. The van der Waals surface area contributed by atoms with Gasteiger partial charge in [-0.1, -0.05) is 6.92 Å². The molecule has 0 unspecified atom stereocenters. The summed E-state index contributed by atoms with van der Waals surface area (Å²) in [6, 6.07) is 2.21. The third kappa shape index (κ3) is 3.24. The predicted octanol–water partition coefficient (Wildman–Crippen LogP) is 2.09. The normalized spacial score (nSPS) is 28.2. The molecule has 0 aromatic heterocycles. The molecule has 0 bridgehead atoms. The number of nitrogens with zero attached hydrogens (tertiary/aromatic N) is 3. The van der Waals surface area contributed by atoms with Crippen molar-refractivity contribution in [3.8, 4) is 6.07 Å². The van der Waals surface area contributed by atoms with Crippen LogP contribution in [-0.4, -0.2) is 54.2 Å². The van der Waals surface area contributed by atoms with Gasteiger partial charge in [-0.3, -0.25) is 4.90 Å². The Morgan fingerprint density at radius 2 is 2.25 bits per heavy atom. The molecule has 0 aromatic carbocycles. The number of rotatable bonds is 4. The molecule has 0 spiro atoms. The van der Waals surface area contributed by atoms with Crippen LogP contribution in [0.1, 0.15) is 34.1 Å². The number of likely N-dealkylation sites (tertiary alicyclic amines) is 1. The highest BCUT2D eigenvalue weighted by atomic mass is 16.6. The van der Waals surface area contributed by atoms with Gasteiger partial charge in [0, 0.05) is 25.0 Å². The highest BCUT2D eigenvalue weighted by Crippen LogP contribution is 2.58. The van der Waals surface area contributed by atoms with Crippen molar-refractivity contribution in [1.29, 1.82) is 5.26 Å². The Morgan fingerprint density at radius 3 is 2.80 bits per heavy atom. The molecule has 1 aliphatic carbocycles. The number of carbonyl (C=O) groups excluding carboxylic acids is 1. The Hall–Kier alpha value is -1.28. The van der Waals surface area contributed by atoms with E-state index in [-0.39, 0.29) is 11.5 Å². The van der Waals surface area contributed by atoms with E-state index in [1.807, 2.05) is 25.7 Å². The minimum Gasteiger partial charge on any atom is -0.444 e. The average molecular weight is 279 g/mol. The fraction of sp³-hybridized carbons (Fsp3) is 0.867. The second-order valence-corrected chi connectivity index (χ2v) is 7.09. The number of hydrogen-bond donors (Lipinski definition) is 0. The first-order valence-corrected chi connectivity index (χ1v) is 7.37. The third-order valence-electron chi connectivity index (χ3n) is 4.24. The number of ether oxygens (including phenoxy) is 1. The van der Waals surface area contributed by atoms with E-state index in [9.17, 15) is 4.79 Å². The Labute approximate surface area is 121 Å². The molecule has 2 atom stereocenters. The van der Waals surface area contributed by atoms with Crippen LogP contribution in [0.2, 0.25) is 0 Å². The molecule has 1 saturated heterocycles. The van der Waals surface area contributed by atoms with Crippen LogP contribution >= 0.6 is 0 Å². The van der Waals surface area contributed by atoms with E-state index in [4.69, 9.17) is 10.00 Å². The molecule has 5 heteroatoms. The number of fused-ring (bicyclic) bond motifs is 1. The number of nitriles is 1. The van der Waals surface area contributed by atoms with Gasteiger partial charge in [0.05, 0.1) is 12.6 Å². The summed E-state index contributed by atoms with van der Waals surface area (Å²) in [4.78, 5) is 16.1. The lowest BCUT2D eigenvalue weighted by Gasteiger charge is -2.28. The number of amides is 1. The SMILES string of the molecule is CCN(CC#N)C[C@@]12C[C@H]1CN(C(=O)OC(C)(C)C)C2. The van der Waals surface area contributed by atoms with Crippen molar-refractivity contribution in [2.45, 2.75) is 39.7 Å². The van der Waals surface area contributed by atoms with Crippen molar-refractivity contribution < 1.29 is 9.53 Å². The fourth-order valence-electron chi connectivity index (χ4n) is 3.13. The Morgan fingerprint density at radius 1 is 1.55 bits per heavy atom. The van der Waals surface area contributed by atoms with Crippen molar-refractivity contribution >= 4 is 6.09 Å². The van der Waals surface area contributed by atoms with Gasteiger partial charge in [0.15, 0.2) is 0 Å². The second-order valence-electron chi connectivity index (χ2n) is 7.09. The quantitative estimate of drug-likeness (QED) is 0.739. The van der Waals surface area contributed by atoms with Gasteiger partial charge in [-0.25, -0.2) is 4.79 Å². The van der Waals surface area contributed by atoms with Crippen molar-refractivity contribution in [3.63, 3.8) is 0 Å². The smallest absolute Gasteiger partial charge is 0.410 e. The van der Waals surface area contributed by atoms with E-state index in [0.717, 1.165) is 26.2 Å². The summed E-state index contributed by atoms with van der Waals surface area (Å²) in [5.74, 6) is 0.586. The number of piperidine rings is 1. The first-order chi connectivity index (χ1) is 9.29. The summed E-state index contributed by atoms with van der Waals surface area (Å²) in [5, 5.41) is 8.83. The van der Waals surface area contributed by atoms with E-state index in [1.54, 1.807) is 0 Å². The van der Waals surface area contributed by atoms with Crippen LogP contribution in [0.5, 0.6) is 0 Å². The van der Waals surface area contributed by atoms with E-state index in [1.165, 1.54) is 6.42 Å². The molecule has 1 heterocycles. The Bertz CT molecular complexity index is 424. The molecule has 1 saturated carbocycles. The van der Waals surface area contributed by atoms with Crippen LogP contribution in [0.25, 0.3) is 0 Å². The highest BCUT2D eigenvalue weighted by Gasteiger charge is 2.61. The average Bonchev–Trinajstić information content (AvgIpc) is 2.87. The molecule has 1 aliphatic heterocycles. The lowest BCUT2D eigenvalue weighted by Crippen LogP contribution is -2.39. The third-order valence-corrected chi connectivity index (χ3v) is 4.24. The molecule has 2 rings (SSSR count). The molecule has 0 N–H and O–H groups in total. The van der Waals surface area contributed by atoms with Crippen LogP contribution in [0, 0.1) is 22.7 Å². The Balaban J connectivity index is 1.90. The molecular weight excluding hydrogens is 254 g/mol. The summed E-state index contributed by atoms with van der Waals surface area (Å²) >= 11 is 0. The zero-order chi connectivity index (χ0) is 15.0. The summed E-state index contributed by atoms with van der Waals surface area (Å²) in [6.45, 7) is 11.6.